The van der Waals surface area contributed by atoms with Gasteiger partial charge in [-0.2, -0.15) is 0 Å². The van der Waals surface area contributed by atoms with Crippen LogP contribution in [0.15, 0.2) is 36.7 Å². The van der Waals surface area contributed by atoms with Crippen LogP contribution in [0.3, 0.4) is 0 Å². The van der Waals surface area contributed by atoms with Crippen LogP contribution < -0.4 is 4.74 Å². The van der Waals surface area contributed by atoms with Crippen molar-refractivity contribution in [1.29, 1.82) is 0 Å². The number of halogens is 1. The van der Waals surface area contributed by atoms with Crippen LogP contribution in [0.4, 0.5) is 4.39 Å². The Bertz CT molecular complexity index is 557. The quantitative estimate of drug-likeness (QED) is 0.906. The highest BCUT2D eigenvalue weighted by atomic mass is 19.1. The minimum atomic E-state index is -1.05. The third-order valence-electron chi connectivity index (χ3n) is 2.73. The summed E-state index contributed by atoms with van der Waals surface area (Å²) >= 11 is 0. The number of methoxy groups -OCH3 is 1. The van der Waals surface area contributed by atoms with Gasteiger partial charge in [0, 0.05) is 17.3 Å². The first-order valence-electron chi connectivity index (χ1n) is 5.55. The Balaban J connectivity index is 2.40. The summed E-state index contributed by atoms with van der Waals surface area (Å²) in [7, 11) is 1.51. The van der Waals surface area contributed by atoms with Crippen molar-refractivity contribution in [3.8, 4) is 5.75 Å². The van der Waals surface area contributed by atoms with E-state index in [0.29, 0.717) is 11.3 Å². The lowest BCUT2D eigenvalue weighted by molar-refractivity contribution is 0.214. The van der Waals surface area contributed by atoms with Crippen LogP contribution in [0.25, 0.3) is 0 Å². The number of rotatable bonds is 3. The van der Waals surface area contributed by atoms with Gasteiger partial charge in [0.25, 0.3) is 0 Å². The molecule has 0 aliphatic carbocycles. The summed E-state index contributed by atoms with van der Waals surface area (Å²) < 4.78 is 18.7. The van der Waals surface area contributed by atoms with Crippen LogP contribution in [-0.4, -0.2) is 17.2 Å². The van der Waals surface area contributed by atoms with Gasteiger partial charge in [0.15, 0.2) is 0 Å². The number of pyridine rings is 1. The standard InChI is InChI=1S/C14H14FNO2/c1-9-3-4-13(15)12(5-9)14(17)10-6-11(18-2)8-16-7-10/h3-8,14,17H,1-2H3. The number of benzene rings is 1. The van der Waals surface area contributed by atoms with Crippen molar-refractivity contribution in [3.63, 3.8) is 0 Å². The average molecular weight is 247 g/mol. The van der Waals surface area contributed by atoms with E-state index in [0.717, 1.165) is 5.56 Å². The minimum absolute atomic E-state index is 0.241. The van der Waals surface area contributed by atoms with Gasteiger partial charge in [-0.1, -0.05) is 17.7 Å². The van der Waals surface area contributed by atoms with Crippen LogP contribution in [0, 0.1) is 12.7 Å². The molecule has 1 aromatic carbocycles. The van der Waals surface area contributed by atoms with E-state index >= 15 is 0 Å². The highest BCUT2D eigenvalue weighted by Crippen LogP contribution is 2.26. The molecule has 2 rings (SSSR count). The average Bonchev–Trinajstić information content (AvgIpc) is 2.41. The summed E-state index contributed by atoms with van der Waals surface area (Å²) in [6.07, 6.45) is 1.98. The zero-order valence-corrected chi connectivity index (χ0v) is 10.2. The number of aromatic nitrogens is 1. The predicted octanol–water partition coefficient (Wildman–Crippen LogP) is 2.62. The van der Waals surface area contributed by atoms with E-state index < -0.39 is 11.9 Å². The van der Waals surface area contributed by atoms with Gasteiger partial charge >= 0.3 is 0 Å². The Morgan fingerprint density at radius 1 is 1.28 bits per heavy atom. The Morgan fingerprint density at radius 2 is 2.06 bits per heavy atom. The smallest absolute Gasteiger partial charge is 0.137 e. The molecule has 0 spiro atoms. The Kier molecular flexibility index (Phi) is 3.58. The third-order valence-corrected chi connectivity index (χ3v) is 2.73. The SMILES string of the molecule is COc1cncc(C(O)c2cc(C)ccc2F)c1. The summed E-state index contributed by atoms with van der Waals surface area (Å²) in [5.41, 5.74) is 1.63. The minimum Gasteiger partial charge on any atom is -0.495 e. The molecule has 1 unspecified atom stereocenters. The molecule has 2 aromatic rings. The maximum absolute atomic E-state index is 13.7. The molecule has 1 heterocycles. The lowest BCUT2D eigenvalue weighted by Crippen LogP contribution is -2.04. The van der Waals surface area contributed by atoms with Gasteiger partial charge in [0.1, 0.15) is 17.7 Å². The summed E-state index contributed by atoms with van der Waals surface area (Å²) in [6.45, 7) is 1.85. The number of aliphatic hydroxyl groups is 1. The molecule has 94 valence electrons. The zero-order valence-electron chi connectivity index (χ0n) is 10.2. The van der Waals surface area contributed by atoms with E-state index in [-0.39, 0.29) is 5.56 Å². The topological polar surface area (TPSA) is 42.4 Å². The van der Waals surface area contributed by atoms with Crippen LogP contribution in [-0.2, 0) is 0 Å². The molecule has 0 radical (unpaired) electrons. The van der Waals surface area contributed by atoms with E-state index in [1.807, 2.05) is 6.92 Å². The van der Waals surface area contributed by atoms with E-state index in [2.05, 4.69) is 4.98 Å². The van der Waals surface area contributed by atoms with Gasteiger partial charge in [0.05, 0.1) is 13.3 Å². The molecule has 3 nitrogen and oxygen atoms in total. The first-order valence-corrected chi connectivity index (χ1v) is 5.55. The molecule has 0 bridgehead atoms. The number of ether oxygens (including phenoxy) is 1. The molecular formula is C14H14FNO2. The second-order valence-electron chi connectivity index (χ2n) is 4.09. The van der Waals surface area contributed by atoms with E-state index in [1.165, 1.54) is 25.6 Å². The van der Waals surface area contributed by atoms with Crippen LogP contribution >= 0.6 is 0 Å². The van der Waals surface area contributed by atoms with Gasteiger partial charge in [-0.05, 0) is 19.1 Å². The largest absolute Gasteiger partial charge is 0.495 e. The fourth-order valence-electron chi connectivity index (χ4n) is 1.75. The molecule has 1 atom stereocenters. The second kappa shape index (κ2) is 5.14. The van der Waals surface area contributed by atoms with Crippen LogP contribution in [0.5, 0.6) is 5.75 Å². The lowest BCUT2D eigenvalue weighted by Gasteiger charge is -2.13. The molecule has 0 amide bonds. The summed E-state index contributed by atoms with van der Waals surface area (Å²) in [5.74, 6) is 0.0931. The molecule has 18 heavy (non-hydrogen) atoms. The monoisotopic (exact) mass is 247 g/mol. The number of hydrogen-bond donors (Lipinski definition) is 1. The van der Waals surface area contributed by atoms with Crippen LogP contribution in [0.2, 0.25) is 0 Å². The summed E-state index contributed by atoms with van der Waals surface area (Å²) in [5, 5.41) is 10.2. The van der Waals surface area contributed by atoms with Crippen molar-refractivity contribution < 1.29 is 14.2 Å². The predicted molar refractivity (Wildman–Crippen MR) is 66.0 cm³/mol. The summed E-state index contributed by atoms with van der Waals surface area (Å²) in [4.78, 5) is 3.95. The Morgan fingerprint density at radius 3 is 2.78 bits per heavy atom. The van der Waals surface area contributed by atoms with E-state index in [1.54, 1.807) is 18.2 Å². The van der Waals surface area contributed by atoms with Crippen molar-refractivity contribution in [2.45, 2.75) is 13.0 Å². The first kappa shape index (κ1) is 12.5. The fraction of sp³-hybridized carbons (Fsp3) is 0.214. The lowest BCUT2D eigenvalue weighted by atomic mass is 10.0. The van der Waals surface area contributed by atoms with Crippen molar-refractivity contribution in [2.75, 3.05) is 7.11 Å². The molecular weight excluding hydrogens is 233 g/mol. The normalized spacial score (nSPS) is 12.2. The van der Waals surface area contributed by atoms with Gasteiger partial charge < -0.3 is 9.84 Å². The molecule has 4 heteroatoms. The van der Waals surface area contributed by atoms with Gasteiger partial charge in [-0.15, -0.1) is 0 Å². The zero-order chi connectivity index (χ0) is 13.1. The maximum atomic E-state index is 13.7. The van der Waals surface area contributed by atoms with Crippen molar-refractivity contribution in [3.05, 3.63) is 59.2 Å². The number of hydrogen-bond acceptors (Lipinski definition) is 3. The molecule has 0 aliphatic rings. The molecule has 0 saturated carbocycles. The molecule has 0 aliphatic heterocycles. The van der Waals surface area contributed by atoms with Crippen molar-refractivity contribution in [2.24, 2.45) is 0 Å². The Hall–Kier alpha value is -1.94. The molecule has 0 fully saturated rings. The van der Waals surface area contributed by atoms with Gasteiger partial charge in [-0.3, -0.25) is 4.98 Å². The van der Waals surface area contributed by atoms with Crippen LogP contribution in [0.1, 0.15) is 22.8 Å². The highest BCUT2D eigenvalue weighted by molar-refractivity contribution is 5.34. The Labute approximate surface area is 105 Å². The third kappa shape index (κ3) is 2.49. The fourth-order valence-corrected chi connectivity index (χ4v) is 1.75. The van der Waals surface area contributed by atoms with Gasteiger partial charge in [-0.25, -0.2) is 4.39 Å². The van der Waals surface area contributed by atoms with E-state index in [9.17, 15) is 9.50 Å². The van der Waals surface area contributed by atoms with Gasteiger partial charge in [0.2, 0.25) is 0 Å². The first-order chi connectivity index (χ1) is 8.61. The van der Waals surface area contributed by atoms with E-state index in [4.69, 9.17) is 4.74 Å². The summed E-state index contributed by atoms with van der Waals surface area (Å²) in [6, 6.07) is 6.27. The second-order valence-corrected chi connectivity index (χ2v) is 4.09. The number of nitrogens with zero attached hydrogens (tertiary/aromatic N) is 1. The maximum Gasteiger partial charge on any atom is 0.137 e. The molecule has 1 N–H and O–H groups in total. The highest BCUT2D eigenvalue weighted by Gasteiger charge is 2.16. The molecule has 0 saturated heterocycles. The van der Waals surface area contributed by atoms with Crippen molar-refractivity contribution >= 4 is 0 Å². The number of aliphatic hydroxyl groups excluding tert-OH is 1. The molecule has 1 aromatic heterocycles. The number of aryl methyl sites for hydroxylation is 1. The van der Waals surface area contributed by atoms with Crippen molar-refractivity contribution in [1.82, 2.24) is 4.98 Å².